The van der Waals surface area contributed by atoms with Crippen LogP contribution in [0.3, 0.4) is 0 Å². The molecule has 0 spiro atoms. The number of fused-ring (bicyclic) bond motifs is 1. The Morgan fingerprint density at radius 1 is 0.816 bits per heavy atom. The lowest BCUT2D eigenvalue weighted by molar-refractivity contribution is 0.101. The van der Waals surface area contributed by atoms with E-state index in [2.05, 4.69) is 15.6 Å². The predicted molar refractivity (Wildman–Crippen MR) is 147 cm³/mol. The van der Waals surface area contributed by atoms with Crippen molar-refractivity contribution in [2.75, 3.05) is 20.0 Å². The smallest absolute Gasteiger partial charge is 0.196 e. The van der Waals surface area contributed by atoms with Gasteiger partial charge in [-0.2, -0.15) is 0 Å². The second kappa shape index (κ2) is 10.5. The fourth-order valence-electron chi connectivity index (χ4n) is 4.40. The molecule has 0 atom stereocenters. The van der Waals surface area contributed by atoms with Crippen molar-refractivity contribution < 1.29 is 22.7 Å². The maximum absolute atomic E-state index is 13.0. The Hall–Kier alpha value is -4.43. The number of pyridine rings is 1. The molecule has 0 radical (unpaired) electrons. The van der Waals surface area contributed by atoms with Crippen molar-refractivity contribution in [3.8, 4) is 22.8 Å². The highest BCUT2D eigenvalue weighted by molar-refractivity contribution is 7.92. The Bertz CT molecular complexity index is 1730. The highest BCUT2D eigenvalue weighted by Crippen LogP contribution is 2.31. The van der Waals surface area contributed by atoms with Gasteiger partial charge in [0.1, 0.15) is 22.9 Å². The van der Waals surface area contributed by atoms with Gasteiger partial charge in [-0.3, -0.25) is 4.79 Å². The van der Waals surface area contributed by atoms with Crippen LogP contribution in [-0.4, -0.2) is 43.7 Å². The number of ether oxygens (including phenoxy) is 2. The Morgan fingerprint density at radius 3 is 2.32 bits per heavy atom. The van der Waals surface area contributed by atoms with E-state index in [-0.39, 0.29) is 10.6 Å². The first-order valence-corrected chi connectivity index (χ1v) is 13.6. The molecule has 0 unspecified atom stereocenters. The fraction of sp³-hybridized carbons (Fsp3) is 0.133. The first kappa shape index (κ1) is 25.2. The normalized spacial score (nSPS) is 11.4. The molecule has 0 saturated heterocycles. The summed E-state index contributed by atoms with van der Waals surface area (Å²) in [6.45, 7) is 0.393. The molecular formula is C30H26N2O5S. The molecule has 0 aliphatic rings. The van der Waals surface area contributed by atoms with E-state index in [4.69, 9.17) is 9.47 Å². The third-order valence-corrected chi connectivity index (χ3v) is 7.93. The van der Waals surface area contributed by atoms with Crippen molar-refractivity contribution >= 4 is 26.5 Å². The van der Waals surface area contributed by atoms with E-state index in [0.29, 0.717) is 18.0 Å². The lowest BCUT2D eigenvalue weighted by atomic mass is 10.1. The number of sulfone groups is 1. The van der Waals surface area contributed by atoms with E-state index in [0.717, 1.165) is 27.9 Å². The molecule has 5 rings (SSSR count). The number of aromatic nitrogens is 2. The molecule has 0 N–H and O–H groups in total. The molecule has 0 aliphatic carbocycles. The van der Waals surface area contributed by atoms with Gasteiger partial charge >= 0.3 is 0 Å². The third-order valence-electron chi connectivity index (χ3n) is 6.31. The summed E-state index contributed by atoms with van der Waals surface area (Å²) in [6, 6.07) is 29.2. The Balaban J connectivity index is 1.47. The summed E-state index contributed by atoms with van der Waals surface area (Å²) in [6.07, 6.45) is 0. The molecule has 0 aliphatic heterocycles. The first-order valence-electron chi connectivity index (χ1n) is 12.0. The Kier molecular flexibility index (Phi) is 6.98. The summed E-state index contributed by atoms with van der Waals surface area (Å²) in [5, 5.41) is 1.01. The number of rotatable bonds is 9. The third kappa shape index (κ3) is 5.17. The quantitative estimate of drug-likeness (QED) is 0.238. The van der Waals surface area contributed by atoms with Crippen molar-refractivity contribution in [3.05, 3.63) is 108 Å². The highest BCUT2D eigenvalue weighted by atomic mass is 32.2. The molecule has 38 heavy (non-hydrogen) atoms. The number of carbonyl (C=O) groups excluding carboxylic acids is 1. The summed E-state index contributed by atoms with van der Waals surface area (Å²) in [7, 11) is -0.773. The van der Waals surface area contributed by atoms with E-state index in [1.807, 2.05) is 54.6 Å². The zero-order chi connectivity index (χ0) is 26.7. The van der Waals surface area contributed by atoms with Gasteiger partial charge in [-0.05, 0) is 60.2 Å². The molecular weight excluding hydrogens is 500 g/mol. The minimum atomic E-state index is -3.87. The number of nitrogens with zero attached hydrogens (tertiary/aromatic N) is 2. The van der Waals surface area contributed by atoms with E-state index in [9.17, 15) is 13.2 Å². The van der Waals surface area contributed by atoms with Crippen LogP contribution < -0.4 is 9.47 Å². The van der Waals surface area contributed by atoms with E-state index < -0.39 is 21.4 Å². The maximum Gasteiger partial charge on any atom is 0.196 e. The summed E-state index contributed by atoms with van der Waals surface area (Å²) in [4.78, 5) is 17.6. The van der Waals surface area contributed by atoms with Gasteiger partial charge in [0.25, 0.3) is 0 Å². The highest BCUT2D eigenvalue weighted by Gasteiger charge is 2.22. The molecule has 0 saturated carbocycles. The zero-order valence-corrected chi connectivity index (χ0v) is 21.8. The van der Waals surface area contributed by atoms with E-state index in [1.54, 1.807) is 31.4 Å². The van der Waals surface area contributed by atoms with Gasteiger partial charge in [0, 0.05) is 16.6 Å². The lowest BCUT2D eigenvalue weighted by Crippen LogP contribution is -2.18. The number of ketones is 1. The number of carbonyl (C=O) groups is 1. The van der Waals surface area contributed by atoms with Crippen LogP contribution in [0, 0.1) is 0 Å². The van der Waals surface area contributed by atoms with Crippen LogP contribution in [0.25, 0.3) is 22.2 Å². The standard InChI is InChI=1S/C30H26N2O5S/c1-36-24-11-7-12-26(18-24)38(34,35)20-30(33)27-13-6-10-23(31-27)19-32-28-15-14-25(37-2)16-22(28)17-29(32)21-8-4-3-5-9-21/h3-18H,19-20H2,1-2H3. The number of methoxy groups -OCH3 is 2. The second-order valence-electron chi connectivity index (χ2n) is 8.78. The van der Waals surface area contributed by atoms with Crippen LogP contribution >= 0.6 is 0 Å². The van der Waals surface area contributed by atoms with Gasteiger partial charge in [0.2, 0.25) is 0 Å². The second-order valence-corrected chi connectivity index (χ2v) is 10.8. The van der Waals surface area contributed by atoms with Gasteiger partial charge in [0.05, 0.1) is 31.4 Å². The van der Waals surface area contributed by atoms with E-state index in [1.165, 1.54) is 19.2 Å². The van der Waals surface area contributed by atoms with Crippen molar-refractivity contribution in [3.63, 3.8) is 0 Å². The Morgan fingerprint density at radius 2 is 1.55 bits per heavy atom. The summed E-state index contributed by atoms with van der Waals surface area (Å²) in [5.74, 6) is -0.0836. The summed E-state index contributed by atoms with van der Waals surface area (Å²) >= 11 is 0. The van der Waals surface area contributed by atoms with Crippen LogP contribution in [0.1, 0.15) is 16.2 Å². The van der Waals surface area contributed by atoms with Gasteiger partial charge in [-0.25, -0.2) is 13.4 Å². The average Bonchev–Trinajstić information content (AvgIpc) is 3.30. The zero-order valence-electron chi connectivity index (χ0n) is 21.0. The Labute approximate surface area is 221 Å². The first-order chi connectivity index (χ1) is 18.4. The molecule has 8 heteroatoms. The maximum atomic E-state index is 13.0. The summed E-state index contributed by atoms with van der Waals surface area (Å²) in [5.41, 5.74) is 3.77. The number of benzene rings is 3. The summed E-state index contributed by atoms with van der Waals surface area (Å²) < 4.78 is 38.5. The van der Waals surface area contributed by atoms with Crippen LogP contribution in [0.15, 0.2) is 102 Å². The van der Waals surface area contributed by atoms with Crippen LogP contribution in [0.5, 0.6) is 11.5 Å². The molecule has 2 heterocycles. The minimum absolute atomic E-state index is 0.0306. The molecule has 192 valence electrons. The minimum Gasteiger partial charge on any atom is -0.497 e. The van der Waals surface area contributed by atoms with Gasteiger partial charge in [-0.15, -0.1) is 0 Å². The number of Topliss-reactive ketones (excluding diaryl/α,β-unsaturated/α-hetero) is 1. The van der Waals surface area contributed by atoms with Crippen LogP contribution in [-0.2, 0) is 16.4 Å². The number of hydrogen-bond acceptors (Lipinski definition) is 6. The average molecular weight is 527 g/mol. The molecule has 3 aromatic carbocycles. The van der Waals surface area contributed by atoms with Crippen LogP contribution in [0.2, 0.25) is 0 Å². The topological polar surface area (TPSA) is 87.5 Å². The van der Waals surface area contributed by atoms with Crippen molar-refractivity contribution in [1.82, 2.24) is 9.55 Å². The van der Waals surface area contributed by atoms with Gasteiger partial charge in [-0.1, -0.05) is 42.5 Å². The van der Waals surface area contributed by atoms with Gasteiger partial charge in [0.15, 0.2) is 15.6 Å². The fourth-order valence-corrected chi connectivity index (χ4v) is 5.65. The molecule has 5 aromatic rings. The van der Waals surface area contributed by atoms with Crippen molar-refractivity contribution in [1.29, 1.82) is 0 Å². The molecule has 0 bridgehead atoms. The molecule has 0 fully saturated rings. The van der Waals surface area contributed by atoms with Crippen molar-refractivity contribution in [2.45, 2.75) is 11.4 Å². The van der Waals surface area contributed by atoms with E-state index >= 15 is 0 Å². The molecule has 2 aromatic heterocycles. The number of hydrogen-bond donors (Lipinski definition) is 0. The van der Waals surface area contributed by atoms with Gasteiger partial charge < -0.3 is 14.0 Å². The lowest BCUT2D eigenvalue weighted by Gasteiger charge is -2.12. The largest absolute Gasteiger partial charge is 0.497 e. The van der Waals surface area contributed by atoms with Crippen molar-refractivity contribution in [2.24, 2.45) is 0 Å². The van der Waals surface area contributed by atoms with Crippen LogP contribution in [0.4, 0.5) is 0 Å². The molecule has 7 nitrogen and oxygen atoms in total. The predicted octanol–water partition coefficient (Wildman–Crippen LogP) is 5.43. The SMILES string of the molecule is COc1cccc(S(=O)(=O)CC(=O)c2cccc(Cn3c(-c4ccccc4)cc4cc(OC)ccc43)n2)c1. The monoisotopic (exact) mass is 526 g/mol. The molecule has 0 amide bonds.